The number of likely N-dealkylation sites (N-methyl/N-ethyl adjacent to an activating group) is 2. The lowest BCUT2D eigenvalue weighted by atomic mass is 9.91. The summed E-state index contributed by atoms with van der Waals surface area (Å²) < 4.78 is 0. The van der Waals surface area contributed by atoms with Gasteiger partial charge in [-0.3, -0.25) is 0 Å². The van der Waals surface area contributed by atoms with Gasteiger partial charge in [-0.1, -0.05) is 6.92 Å². The summed E-state index contributed by atoms with van der Waals surface area (Å²) in [6.45, 7) is 5.98. The largest absolute Gasteiger partial charge is 0.394 e. The van der Waals surface area contributed by atoms with Gasteiger partial charge in [0.25, 0.3) is 0 Å². The van der Waals surface area contributed by atoms with Crippen molar-refractivity contribution in [2.45, 2.75) is 50.6 Å². The predicted molar refractivity (Wildman–Crippen MR) is 81.6 cm³/mol. The molecule has 1 heterocycles. The minimum Gasteiger partial charge on any atom is -0.394 e. The van der Waals surface area contributed by atoms with Gasteiger partial charge in [0.15, 0.2) is 0 Å². The van der Waals surface area contributed by atoms with E-state index in [2.05, 4.69) is 36.1 Å². The van der Waals surface area contributed by atoms with Crippen LogP contribution in [0.25, 0.3) is 0 Å². The molecule has 0 saturated carbocycles. The van der Waals surface area contributed by atoms with Crippen LogP contribution in [0.4, 0.5) is 0 Å². The summed E-state index contributed by atoms with van der Waals surface area (Å²) in [6.07, 6.45) is 5.85. The van der Waals surface area contributed by atoms with Crippen LogP contribution in [-0.2, 0) is 0 Å². The van der Waals surface area contributed by atoms with Gasteiger partial charge >= 0.3 is 0 Å². The Bertz CT molecular complexity index is 233. The second-order valence-corrected chi connectivity index (χ2v) is 6.21. The average molecular weight is 271 g/mol. The van der Waals surface area contributed by atoms with E-state index in [0.29, 0.717) is 6.04 Å². The van der Waals surface area contributed by atoms with Crippen LogP contribution in [0.15, 0.2) is 0 Å². The third kappa shape index (κ3) is 5.03. The monoisotopic (exact) mass is 271 g/mol. The standard InChI is InChI=1S/C15H33N3O/c1-5-15(13-19,16-2)9-7-11-18-10-6-8-14(12-18)17(3)4/h14,16,19H,5-13H2,1-4H3. The van der Waals surface area contributed by atoms with Crippen LogP contribution in [0.1, 0.15) is 39.0 Å². The van der Waals surface area contributed by atoms with E-state index in [0.717, 1.165) is 25.8 Å². The maximum Gasteiger partial charge on any atom is 0.0613 e. The molecule has 4 nitrogen and oxygen atoms in total. The van der Waals surface area contributed by atoms with E-state index in [1.165, 1.54) is 25.9 Å². The molecule has 4 heteroatoms. The summed E-state index contributed by atoms with van der Waals surface area (Å²) in [5, 5.41) is 12.8. The second kappa shape index (κ2) is 8.20. The lowest BCUT2D eigenvalue weighted by molar-refractivity contribution is 0.117. The maximum atomic E-state index is 9.55. The second-order valence-electron chi connectivity index (χ2n) is 6.21. The summed E-state index contributed by atoms with van der Waals surface area (Å²) in [4.78, 5) is 4.94. The molecule has 2 atom stereocenters. The number of nitrogens with zero attached hydrogens (tertiary/aromatic N) is 2. The van der Waals surface area contributed by atoms with Crippen LogP contribution in [0, 0.1) is 0 Å². The van der Waals surface area contributed by atoms with Gasteiger partial charge in [-0.25, -0.2) is 0 Å². The summed E-state index contributed by atoms with van der Waals surface area (Å²) in [6, 6.07) is 0.715. The Morgan fingerprint density at radius 2 is 2.16 bits per heavy atom. The van der Waals surface area contributed by atoms with Crippen LogP contribution in [0.3, 0.4) is 0 Å². The molecular weight excluding hydrogens is 238 g/mol. The van der Waals surface area contributed by atoms with E-state index < -0.39 is 0 Å². The van der Waals surface area contributed by atoms with Crippen molar-refractivity contribution in [2.75, 3.05) is 47.4 Å². The van der Waals surface area contributed by atoms with Gasteiger partial charge in [0.05, 0.1) is 6.61 Å². The molecular formula is C15H33N3O. The highest BCUT2D eigenvalue weighted by atomic mass is 16.3. The predicted octanol–water partition coefficient (Wildman–Crippen LogP) is 1.15. The first-order valence-electron chi connectivity index (χ1n) is 7.75. The molecule has 114 valence electrons. The molecule has 0 aliphatic carbocycles. The third-order valence-corrected chi connectivity index (χ3v) is 4.85. The van der Waals surface area contributed by atoms with Crippen molar-refractivity contribution in [1.82, 2.24) is 15.1 Å². The molecule has 1 aliphatic heterocycles. The quantitative estimate of drug-likeness (QED) is 0.695. The SMILES string of the molecule is CCC(CO)(CCCN1CCCC(N(C)C)C1)NC. The molecule has 19 heavy (non-hydrogen) atoms. The Morgan fingerprint density at radius 1 is 1.42 bits per heavy atom. The molecule has 2 unspecified atom stereocenters. The number of nitrogens with one attached hydrogen (secondary N) is 1. The molecule has 1 saturated heterocycles. The van der Waals surface area contributed by atoms with Gasteiger partial charge in [0, 0.05) is 18.1 Å². The summed E-state index contributed by atoms with van der Waals surface area (Å²) in [7, 11) is 6.33. The smallest absolute Gasteiger partial charge is 0.0613 e. The lowest BCUT2D eigenvalue weighted by Crippen LogP contribution is -2.48. The van der Waals surface area contributed by atoms with Gasteiger partial charge < -0.3 is 20.2 Å². The third-order valence-electron chi connectivity index (χ3n) is 4.85. The fourth-order valence-corrected chi connectivity index (χ4v) is 3.05. The summed E-state index contributed by atoms with van der Waals surface area (Å²) in [5.41, 5.74) is -0.0727. The van der Waals surface area contributed by atoms with Crippen LogP contribution >= 0.6 is 0 Å². The number of piperidine rings is 1. The molecule has 0 radical (unpaired) electrons. The van der Waals surface area contributed by atoms with Crippen LogP contribution < -0.4 is 5.32 Å². The fraction of sp³-hybridized carbons (Fsp3) is 1.00. The molecule has 0 spiro atoms. The molecule has 0 amide bonds. The molecule has 0 aromatic carbocycles. The highest BCUT2D eigenvalue weighted by Crippen LogP contribution is 2.19. The topological polar surface area (TPSA) is 38.7 Å². The van der Waals surface area contributed by atoms with Gasteiger partial charge in [0.2, 0.25) is 0 Å². The van der Waals surface area contributed by atoms with Crippen LogP contribution in [0.2, 0.25) is 0 Å². The first kappa shape index (κ1) is 16.9. The Balaban J connectivity index is 2.32. The first-order valence-corrected chi connectivity index (χ1v) is 7.75. The van der Waals surface area contributed by atoms with Crippen molar-refractivity contribution in [2.24, 2.45) is 0 Å². The van der Waals surface area contributed by atoms with Crippen molar-refractivity contribution in [3.63, 3.8) is 0 Å². The van der Waals surface area contributed by atoms with E-state index in [4.69, 9.17) is 0 Å². The Kier molecular flexibility index (Phi) is 7.29. The van der Waals surface area contributed by atoms with E-state index >= 15 is 0 Å². The summed E-state index contributed by atoms with van der Waals surface area (Å²) >= 11 is 0. The van der Waals surface area contributed by atoms with Crippen molar-refractivity contribution in [3.8, 4) is 0 Å². The van der Waals surface area contributed by atoms with Crippen LogP contribution in [0.5, 0.6) is 0 Å². The number of aliphatic hydroxyl groups is 1. The highest BCUT2D eigenvalue weighted by Gasteiger charge is 2.26. The van der Waals surface area contributed by atoms with Gasteiger partial charge in [-0.15, -0.1) is 0 Å². The number of hydrogen-bond donors (Lipinski definition) is 2. The minimum absolute atomic E-state index is 0.0727. The van der Waals surface area contributed by atoms with Crippen molar-refractivity contribution in [1.29, 1.82) is 0 Å². The fourth-order valence-electron chi connectivity index (χ4n) is 3.05. The van der Waals surface area contributed by atoms with Crippen molar-refractivity contribution < 1.29 is 5.11 Å². The Morgan fingerprint density at radius 3 is 2.68 bits per heavy atom. The zero-order valence-electron chi connectivity index (χ0n) is 13.3. The summed E-state index contributed by atoms with van der Waals surface area (Å²) in [5.74, 6) is 0. The number of hydrogen-bond acceptors (Lipinski definition) is 4. The molecule has 0 bridgehead atoms. The van der Waals surface area contributed by atoms with Crippen LogP contribution in [-0.4, -0.2) is 73.9 Å². The molecule has 1 fully saturated rings. The average Bonchev–Trinajstić information content (AvgIpc) is 2.44. The van der Waals surface area contributed by atoms with Gasteiger partial charge in [-0.05, 0) is 66.3 Å². The van der Waals surface area contributed by atoms with E-state index in [-0.39, 0.29) is 12.1 Å². The lowest BCUT2D eigenvalue weighted by Gasteiger charge is -2.37. The Hall–Kier alpha value is -0.160. The van der Waals surface area contributed by atoms with E-state index in [9.17, 15) is 5.11 Å². The van der Waals surface area contributed by atoms with Crippen molar-refractivity contribution in [3.05, 3.63) is 0 Å². The van der Waals surface area contributed by atoms with Crippen molar-refractivity contribution >= 4 is 0 Å². The molecule has 0 aromatic heterocycles. The zero-order valence-corrected chi connectivity index (χ0v) is 13.3. The first-order chi connectivity index (χ1) is 9.06. The normalized spacial score (nSPS) is 24.6. The van der Waals surface area contributed by atoms with E-state index in [1.54, 1.807) is 0 Å². The highest BCUT2D eigenvalue weighted by molar-refractivity contribution is 4.85. The Labute approximate surface area is 119 Å². The zero-order chi connectivity index (χ0) is 14.3. The molecule has 0 aromatic rings. The number of aliphatic hydroxyl groups excluding tert-OH is 1. The van der Waals surface area contributed by atoms with Gasteiger partial charge in [0.1, 0.15) is 0 Å². The molecule has 1 aliphatic rings. The van der Waals surface area contributed by atoms with Gasteiger partial charge in [-0.2, -0.15) is 0 Å². The molecule has 1 rings (SSSR count). The molecule has 2 N–H and O–H groups in total. The number of rotatable bonds is 8. The van der Waals surface area contributed by atoms with E-state index in [1.807, 2.05) is 7.05 Å². The number of likely N-dealkylation sites (tertiary alicyclic amines) is 1. The minimum atomic E-state index is -0.0727. The maximum absolute atomic E-state index is 9.55.